The molecule has 0 aliphatic heterocycles. The van der Waals surface area contributed by atoms with Gasteiger partial charge in [-0.05, 0) is 89.7 Å². The van der Waals surface area contributed by atoms with Crippen LogP contribution in [-0.4, -0.2) is 31.1 Å². The van der Waals surface area contributed by atoms with Gasteiger partial charge in [0.05, 0.1) is 26.3 Å². The summed E-state index contributed by atoms with van der Waals surface area (Å²) < 4.78 is 10.3. The molecule has 4 aromatic rings. The fourth-order valence-electron chi connectivity index (χ4n) is 5.52. The largest absolute Gasteiger partial charge is 0.496 e. The number of methoxy groups -OCH3 is 2. The zero-order valence-electron chi connectivity index (χ0n) is 22.8. The van der Waals surface area contributed by atoms with Gasteiger partial charge in [0.15, 0.2) is 0 Å². The van der Waals surface area contributed by atoms with Gasteiger partial charge < -0.3 is 9.47 Å². The molecule has 39 heavy (non-hydrogen) atoms. The molecule has 0 spiro atoms. The molecule has 5 rings (SSSR count). The second-order valence-electron chi connectivity index (χ2n) is 10.3. The van der Waals surface area contributed by atoms with Crippen molar-refractivity contribution in [3.63, 3.8) is 0 Å². The SMILES string of the molecule is COC(=O)c1ccc2c(N(Cc3ccc(-c4ccc(OC)c(C)c4)cc3)C(=O)CC3CCCC3)nccc2c1. The van der Waals surface area contributed by atoms with E-state index >= 15 is 0 Å². The van der Waals surface area contributed by atoms with Gasteiger partial charge in [-0.3, -0.25) is 9.69 Å². The van der Waals surface area contributed by atoms with Gasteiger partial charge in [0, 0.05) is 18.0 Å². The van der Waals surface area contributed by atoms with Gasteiger partial charge in [0.1, 0.15) is 11.6 Å². The van der Waals surface area contributed by atoms with Gasteiger partial charge in [0.2, 0.25) is 5.91 Å². The second-order valence-corrected chi connectivity index (χ2v) is 10.3. The third-order valence-corrected chi connectivity index (χ3v) is 7.68. The Morgan fingerprint density at radius 2 is 1.67 bits per heavy atom. The molecule has 1 fully saturated rings. The van der Waals surface area contributed by atoms with E-state index < -0.39 is 5.97 Å². The van der Waals surface area contributed by atoms with Crippen LogP contribution in [-0.2, 0) is 16.1 Å². The Bertz CT molecular complexity index is 1490. The average molecular weight is 523 g/mol. The van der Waals surface area contributed by atoms with Crippen molar-refractivity contribution < 1.29 is 19.1 Å². The minimum atomic E-state index is -0.392. The van der Waals surface area contributed by atoms with E-state index in [-0.39, 0.29) is 5.91 Å². The summed E-state index contributed by atoms with van der Waals surface area (Å²) in [6, 6.07) is 21.7. The van der Waals surface area contributed by atoms with E-state index in [2.05, 4.69) is 41.4 Å². The predicted molar refractivity (Wildman–Crippen MR) is 154 cm³/mol. The van der Waals surface area contributed by atoms with Crippen LogP contribution in [0.3, 0.4) is 0 Å². The number of aromatic nitrogens is 1. The van der Waals surface area contributed by atoms with Gasteiger partial charge in [-0.2, -0.15) is 0 Å². The highest BCUT2D eigenvalue weighted by atomic mass is 16.5. The number of aryl methyl sites for hydroxylation is 1. The highest BCUT2D eigenvalue weighted by molar-refractivity contribution is 6.04. The van der Waals surface area contributed by atoms with Crippen LogP contribution in [0.4, 0.5) is 5.82 Å². The quantitative estimate of drug-likeness (QED) is 0.231. The summed E-state index contributed by atoms with van der Waals surface area (Å²) in [5, 5.41) is 1.67. The van der Waals surface area contributed by atoms with Crippen molar-refractivity contribution in [3.8, 4) is 16.9 Å². The van der Waals surface area contributed by atoms with E-state index in [9.17, 15) is 9.59 Å². The zero-order valence-corrected chi connectivity index (χ0v) is 22.8. The highest BCUT2D eigenvalue weighted by Crippen LogP contribution is 2.32. The van der Waals surface area contributed by atoms with Gasteiger partial charge >= 0.3 is 5.97 Å². The van der Waals surface area contributed by atoms with Crippen LogP contribution in [0.1, 0.15) is 53.6 Å². The molecule has 0 unspecified atom stereocenters. The summed E-state index contributed by atoms with van der Waals surface area (Å²) in [6.45, 7) is 2.45. The van der Waals surface area contributed by atoms with Crippen molar-refractivity contribution in [2.45, 2.75) is 45.6 Å². The van der Waals surface area contributed by atoms with Gasteiger partial charge in [0.25, 0.3) is 0 Å². The zero-order chi connectivity index (χ0) is 27.4. The molecule has 1 aromatic heterocycles. The van der Waals surface area contributed by atoms with Gasteiger partial charge in [-0.15, -0.1) is 0 Å². The topological polar surface area (TPSA) is 68.7 Å². The number of carbonyl (C=O) groups is 2. The van der Waals surface area contributed by atoms with E-state index in [0.717, 1.165) is 51.6 Å². The minimum Gasteiger partial charge on any atom is -0.496 e. The maximum atomic E-state index is 13.8. The lowest BCUT2D eigenvalue weighted by molar-refractivity contribution is -0.119. The Morgan fingerprint density at radius 1 is 0.923 bits per heavy atom. The number of hydrogen-bond acceptors (Lipinski definition) is 5. The van der Waals surface area contributed by atoms with Gasteiger partial charge in [-0.1, -0.05) is 43.2 Å². The van der Waals surface area contributed by atoms with Crippen molar-refractivity contribution in [2.24, 2.45) is 5.92 Å². The molecule has 3 aromatic carbocycles. The monoisotopic (exact) mass is 522 g/mol. The molecular formula is C33H34N2O4. The Morgan fingerprint density at radius 3 is 2.36 bits per heavy atom. The van der Waals surface area contributed by atoms with Crippen LogP contribution in [0, 0.1) is 12.8 Å². The molecule has 1 amide bonds. The Balaban J connectivity index is 1.47. The highest BCUT2D eigenvalue weighted by Gasteiger charge is 2.25. The van der Waals surface area contributed by atoms with Crippen LogP contribution in [0.25, 0.3) is 21.9 Å². The molecule has 0 radical (unpaired) electrons. The van der Waals surface area contributed by atoms with Crippen LogP contribution >= 0.6 is 0 Å². The number of nitrogens with zero attached hydrogens (tertiary/aromatic N) is 2. The normalized spacial score (nSPS) is 13.4. The number of pyridine rings is 1. The molecule has 200 valence electrons. The Kier molecular flexibility index (Phi) is 7.92. The van der Waals surface area contributed by atoms with Crippen LogP contribution < -0.4 is 9.64 Å². The number of fused-ring (bicyclic) bond motifs is 1. The molecule has 0 N–H and O–H groups in total. The summed E-state index contributed by atoms with van der Waals surface area (Å²) in [7, 11) is 3.05. The first kappa shape index (κ1) is 26.4. The van der Waals surface area contributed by atoms with E-state index in [1.165, 1.54) is 20.0 Å². The van der Waals surface area contributed by atoms with Crippen molar-refractivity contribution in [2.75, 3.05) is 19.1 Å². The minimum absolute atomic E-state index is 0.0776. The summed E-state index contributed by atoms with van der Waals surface area (Å²) in [5.41, 5.74) is 4.79. The third-order valence-electron chi connectivity index (χ3n) is 7.68. The maximum Gasteiger partial charge on any atom is 0.337 e. The van der Waals surface area contributed by atoms with E-state index in [1.54, 1.807) is 25.4 Å². The fourth-order valence-corrected chi connectivity index (χ4v) is 5.52. The first-order chi connectivity index (χ1) is 19.0. The number of carbonyl (C=O) groups excluding carboxylic acids is 2. The maximum absolute atomic E-state index is 13.8. The van der Waals surface area contributed by atoms with Crippen molar-refractivity contribution in [1.29, 1.82) is 0 Å². The molecule has 1 saturated carbocycles. The molecule has 1 aliphatic rings. The molecule has 6 heteroatoms. The number of anilines is 1. The first-order valence-electron chi connectivity index (χ1n) is 13.5. The van der Waals surface area contributed by atoms with Crippen molar-refractivity contribution in [1.82, 2.24) is 4.98 Å². The van der Waals surface area contributed by atoms with E-state index in [4.69, 9.17) is 9.47 Å². The first-order valence-corrected chi connectivity index (χ1v) is 13.5. The standard InChI is InChI=1S/C33H34N2O4/c1-22-18-26(13-15-30(22)38-2)25-10-8-24(9-11-25)21-35(31(36)19-23-6-4-5-7-23)32-29-14-12-28(33(37)39-3)20-27(29)16-17-34-32/h8-18,20,23H,4-7,19,21H2,1-3H3. The second kappa shape index (κ2) is 11.7. The molecule has 1 aliphatic carbocycles. The molecule has 0 bridgehead atoms. The number of rotatable bonds is 8. The Labute approximate surface area is 229 Å². The van der Waals surface area contributed by atoms with E-state index in [0.29, 0.717) is 30.3 Å². The molecule has 0 atom stereocenters. The van der Waals surface area contributed by atoms with Crippen LogP contribution in [0.5, 0.6) is 5.75 Å². The predicted octanol–water partition coefficient (Wildman–Crippen LogP) is 7.12. The Hall–Kier alpha value is -4.19. The lowest BCUT2D eigenvalue weighted by Crippen LogP contribution is -2.32. The summed E-state index contributed by atoms with van der Waals surface area (Å²) >= 11 is 0. The van der Waals surface area contributed by atoms with Crippen LogP contribution in [0.2, 0.25) is 0 Å². The van der Waals surface area contributed by atoms with E-state index in [1.807, 2.05) is 30.0 Å². The molecule has 1 heterocycles. The van der Waals surface area contributed by atoms with Gasteiger partial charge in [-0.25, -0.2) is 9.78 Å². The lowest BCUT2D eigenvalue weighted by Gasteiger charge is -2.25. The van der Waals surface area contributed by atoms with Crippen molar-refractivity contribution in [3.05, 3.63) is 89.6 Å². The fraction of sp³-hybridized carbons (Fsp3) is 0.303. The number of benzene rings is 3. The smallest absolute Gasteiger partial charge is 0.337 e. The van der Waals surface area contributed by atoms with Crippen molar-refractivity contribution >= 4 is 28.5 Å². The average Bonchev–Trinajstić information content (AvgIpc) is 3.48. The lowest BCUT2D eigenvalue weighted by atomic mass is 10.0. The molecule has 6 nitrogen and oxygen atoms in total. The number of esters is 1. The number of ether oxygens (including phenoxy) is 2. The number of hydrogen-bond donors (Lipinski definition) is 0. The summed E-state index contributed by atoms with van der Waals surface area (Å²) in [5.74, 6) is 1.59. The molecular weight excluding hydrogens is 488 g/mol. The summed E-state index contributed by atoms with van der Waals surface area (Å²) in [4.78, 5) is 32.3. The third kappa shape index (κ3) is 5.80. The number of amides is 1. The van der Waals surface area contributed by atoms with Crippen LogP contribution in [0.15, 0.2) is 72.9 Å². The molecule has 0 saturated heterocycles. The summed E-state index contributed by atoms with van der Waals surface area (Å²) in [6.07, 6.45) is 6.79.